The summed E-state index contributed by atoms with van der Waals surface area (Å²) < 4.78 is 0. The summed E-state index contributed by atoms with van der Waals surface area (Å²) in [6, 6.07) is 6.56. The normalized spacial score (nSPS) is 26.5. The molecular weight excluding hydrogens is 348 g/mol. The molecule has 152 valence electrons. The number of rotatable bonds is 6. The molecule has 2 heterocycles. The summed E-state index contributed by atoms with van der Waals surface area (Å²) in [6.45, 7) is 5.64. The Kier molecular flexibility index (Phi) is 6.63. The van der Waals surface area contributed by atoms with Crippen LogP contribution in [0.5, 0.6) is 0 Å². The summed E-state index contributed by atoms with van der Waals surface area (Å²) in [6.07, 6.45) is 14.2. The summed E-state index contributed by atoms with van der Waals surface area (Å²) in [5.74, 6) is 2.41. The number of pyridine rings is 1. The largest absolute Gasteiger partial charge is 0.354 e. The summed E-state index contributed by atoms with van der Waals surface area (Å²) in [7, 11) is 0. The topological polar surface area (TPSA) is 48.5 Å². The van der Waals surface area contributed by atoms with Crippen molar-refractivity contribution < 1.29 is 4.79 Å². The van der Waals surface area contributed by atoms with Crippen molar-refractivity contribution >= 4 is 11.7 Å². The van der Waals surface area contributed by atoms with Crippen molar-refractivity contribution in [2.24, 2.45) is 11.8 Å². The highest BCUT2D eigenvalue weighted by Gasteiger charge is 2.26. The number of piperazine rings is 1. The maximum absolute atomic E-state index is 12.3. The van der Waals surface area contributed by atoms with E-state index >= 15 is 0 Å². The molecule has 0 spiro atoms. The molecule has 4 rings (SSSR count). The van der Waals surface area contributed by atoms with Gasteiger partial charge in [0.2, 0.25) is 5.91 Å². The Labute approximate surface area is 169 Å². The van der Waals surface area contributed by atoms with Crippen molar-refractivity contribution in [1.29, 1.82) is 0 Å². The van der Waals surface area contributed by atoms with Crippen molar-refractivity contribution in [3.8, 4) is 0 Å². The molecule has 1 saturated heterocycles. The minimum atomic E-state index is 0.197. The van der Waals surface area contributed by atoms with E-state index in [1.165, 1.54) is 25.8 Å². The van der Waals surface area contributed by atoms with E-state index in [1.54, 1.807) is 0 Å². The van der Waals surface area contributed by atoms with Gasteiger partial charge in [0.15, 0.2) is 0 Å². The summed E-state index contributed by atoms with van der Waals surface area (Å²) in [4.78, 5) is 21.8. The quantitative estimate of drug-likeness (QED) is 0.768. The third-order valence-corrected chi connectivity index (χ3v) is 6.77. The molecule has 1 aromatic rings. The lowest BCUT2D eigenvalue weighted by Gasteiger charge is -2.36. The Morgan fingerprint density at radius 2 is 1.79 bits per heavy atom. The van der Waals surface area contributed by atoms with Gasteiger partial charge in [-0.3, -0.25) is 9.69 Å². The number of amides is 1. The zero-order valence-corrected chi connectivity index (χ0v) is 16.9. The molecule has 1 aliphatic heterocycles. The molecule has 28 heavy (non-hydrogen) atoms. The van der Waals surface area contributed by atoms with Crippen LogP contribution in [0.4, 0.5) is 5.82 Å². The second-order valence-corrected chi connectivity index (χ2v) is 8.67. The Morgan fingerprint density at radius 1 is 1.04 bits per heavy atom. The number of nitrogens with zero attached hydrogens (tertiary/aromatic N) is 3. The van der Waals surface area contributed by atoms with Crippen molar-refractivity contribution in [1.82, 2.24) is 15.2 Å². The van der Waals surface area contributed by atoms with Crippen LogP contribution in [-0.2, 0) is 4.79 Å². The highest BCUT2D eigenvalue weighted by Crippen LogP contribution is 2.28. The van der Waals surface area contributed by atoms with Gasteiger partial charge >= 0.3 is 0 Å². The number of hydrogen-bond donors (Lipinski definition) is 1. The van der Waals surface area contributed by atoms with E-state index in [0.717, 1.165) is 63.6 Å². The van der Waals surface area contributed by atoms with E-state index < -0.39 is 0 Å². The van der Waals surface area contributed by atoms with Gasteiger partial charge < -0.3 is 10.2 Å². The Morgan fingerprint density at radius 3 is 2.46 bits per heavy atom. The third kappa shape index (κ3) is 5.13. The van der Waals surface area contributed by atoms with Crippen LogP contribution in [-0.4, -0.2) is 54.6 Å². The first-order chi connectivity index (χ1) is 13.8. The zero-order chi connectivity index (χ0) is 19.2. The van der Waals surface area contributed by atoms with Crippen LogP contribution in [0.15, 0.2) is 36.5 Å². The average molecular weight is 383 g/mol. The number of hydrogen-bond acceptors (Lipinski definition) is 4. The van der Waals surface area contributed by atoms with E-state index in [0.29, 0.717) is 6.04 Å². The minimum absolute atomic E-state index is 0.197. The number of aromatic nitrogens is 1. The van der Waals surface area contributed by atoms with Crippen LogP contribution >= 0.6 is 0 Å². The zero-order valence-electron chi connectivity index (χ0n) is 16.9. The van der Waals surface area contributed by atoms with Crippen LogP contribution in [0.3, 0.4) is 0 Å². The minimum Gasteiger partial charge on any atom is -0.354 e. The highest BCUT2D eigenvalue weighted by atomic mass is 16.1. The molecule has 2 aliphatic carbocycles. The fraction of sp³-hybridized carbons (Fsp3) is 0.652. The van der Waals surface area contributed by atoms with Crippen molar-refractivity contribution in [2.45, 2.75) is 51.0 Å². The number of carbonyl (C=O) groups is 1. The van der Waals surface area contributed by atoms with E-state index in [2.05, 4.69) is 44.4 Å². The predicted molar refractivity (Wildman–Crippen MR) is 113 cm³/mol. The molecule has 1 saturated carbocycles. The van der Waals surface area contributed by atoms with E-state index in [1.807, 2.05) is 12.3 Å². The predicted octanol–water partition coefficient (Wildman–Crippen LogP) is 3.23. The van der Waals surface area contributed by atoms with Gasteiger partial charge in [-0.25, -0.2) is 4.98 Å². The van der Waals surface area contributed by atoms with Crippen molar-refractivity contribution in [3.63, 3.8) is 0 Å². The first-order valence-electron chi connectivity index (χ1n) is 11.1. The molecule has 0 aromatic carbocycles. The molecule has 0 atom stereocenters. The smallest absolute Gasteiger partial charge is 0.223 e. The summed E-state index contributed by atoms with van der Waals surface area (Å²) in [5, 5.41) is 3.31. The molecule has 1 N–H and O–H groups in total. The van der Waals surface area contributed by atoms with Crippen molar-refractivity contribution in [2.75, 3.05) is 37.6 Å². The standard InChI is InChI=1S/C23H34N4O/c28-23(20-5-1-2-6-20)25-21-10-8-19(9-11-21)12-14-26-15-17-27(18-16-26)22-7-3-4-13-24-22/h1-4,7,13,19-21H,5-6,8-12,14-18H2,(H,25,28). The number of allylic oxidation sites excluding steroid dienone is 2. The van der Waals surface area contributed by atoms with Gasteiger partial charge in [0.05, 0.1) is 0 Å². The maximum Gasteiger partial charge on any atom is 0.223 e. The summed E-state index contributed by atoms with van der Waals surface area (Å²) >= 11 is 0. The molecular formula is C23H34N4O. The number of nitrogens with one attached hydrogen (secondary N) is 1. The molecule has 5 nitrogen and oxygen atoms in total. The molecule has 2 fully saturated rings. The third-order valence-electron chi connectivity index (χ3n) is 6.77. The lowest BCUT2D eigenvalue weighted by molar-refractivity contribution is -0.125. The second-order valence-electron chi connectivity index (χ2n) is 8.67. The van der Waals surface area contributed by atoms with Gasteiger partial charge in [-0.2, -0.15) is 0 Å². The van der Waals surface area contributed by atoms with Gasteiger partial charge in [-0.05, 0) is 69.5 Å². The van der Waals surface area contributed by atoms with E-state index in [9.17, 15) is 4.79 Å². The highest BCUT2D eigenvalue weighted by molar-refractivity contribution is 5.79. The van der Waals surface area contributed by atoms with Gasteiger partial charge in [0.1, 0.15) is 5.82 Å². The number of anilines is 1. The first kappa shape index (κ1) is 19.4. The lowest BCUT2D eigenvalue weighted by Crippen LogP contribution is -2.47. The second kappa shape index (κ2) is 9.55. The van der Waals surface area contributed by atoms with E-state index in [-0.39, 0.29) is 11.8 Å². The maximum atomic E-state index is 12.3. The van der Waals surface area contributed by atoms with Gasteiger partial charge in [0, 0.05) is 44.3 Å². The number of carbonyl (C=O) groups excluding carboxylic acids is 1. The molecule has 0 unspecified atom stereocenters. The van der Waals surface area contributed by atoms with Crippen LogP contribution in [0.1, 0.15) is 44.9 Å². The van der Waals surface area contributed by atoms with Crippen LogP contribution in [0, 0.1) is 11.8 Å². The van der Waals surface area contributed by atoms with Gasteiger partial charge in [-0.1, -0.05) is 18.2 Å². The molecule has 0 radical (unpaired) electrons. The fourth-order valence-corrected chi connectivity index (χ4v) is 4.85. The van der Waals surface area contributed by atoms with Gasteiger partial charge in [-0.15, -0.1) is 0 Å². The van der Waals surface area contributed by atoms with Gasteiger partial charge in [0.25, 0.3) is 0 Å². The summed E-state index contributed by atoms with van der Waals surface area (Å²) in [5.41, 5.74) is 0. The Balaban J connectivity index is 1.11. The Bertz CT molecular complexity index is 638. The average Bonchev–Trinajstić information content (AvgIpc) is 3.29. The Hall–Kier alpha value is -1.88. The van der Waals surface area contributed by atoms with Crippen LogP contribution in [0.2, 0.25) is 0 Å². The molecule has 3 aliphatic rings. The lowest BCUT2D eigenvalue weighted by atomic mass is 9.83. The molecule has 1 aromatic heterocycles. The van der Waals surface area contributed by atoms with E-state index in [4.69, 9.17) is 0 Å². The monoisotopic (exact) mass is 382 g/mol. The molecule has 0 bridgehead atoms. The molecule has 1 amide bonds. The van der Waals surface area contributed by atoms with Crippen LogP contribution in [0.25, 0.3) is 0 Å². The van der Waals surface area contributed by atoms with Crippen LogP contribution < -0.4 is 10.2 Å². The first-order valence-corrected chi connectivity index (χ1v) is 11.1. The SMILES string of the molecule is O=C(NC1CCC(CCN2CCN(c3ccccn3)CC2)CC1)C1CC=CC1. The molecule has 5 heteroatoms. The van der Waals surface area contributed by atoms with Crippen molar-refractivity contribution in [3.05, 3.63) is 36.5 Å². The fourth-order valence-electron chi connectivity index (χ4n) is 4.85.